The highest BCUT2D eigenvalue weighted by Gasteiger charge is 2.17. The number of hydrogen-bond acceptors (Lipinski definition) is 4. The van der Waals surface area contributed by atoms with Crippen LogP contribution in [0.2, 0.25) is 5.15 Å². The van der Waals surface area contributed by atoms with E-state index in [0.717, 1.165) is 13.0 Å². The summed E-state index contributed by atoms with van der Waals surface area (Å²) in [6, 6.07) is 1.91. The summed E-state index contributed by atoms with van der Waals surface area (Å²) in [6.07, 6.45) is 4.86. The van der Waals surface area contributed by atoms with Crippen molar-refractivity contribution in [1.82, 2.24) is 15.3 Å². The maximum absolute atomic E-state index is 12.0. The number of hydrogen-bond donors (Lipinski definition) is 1. The summed E-state index contributed by atoms with van der Waals surface area (Å²) in [6.45, 7) is 1.02. The van der Waals surface area contributed by atoms with Crippen LogP contribution >= 0.6 is 11.6 Å². The number of halogens is 1. The van der Waals surface area contributed by atoms with Gasteiger partial charge in [0.25, 0.3) is 0 Å². The molecule has 0 saturated carbocycles. The molecule has 1 aromatic rings. The summed E-state index contributed by atoms with van der Waals surface area (Å²) < 4.78 is 12.0. The molecule has 1 fully saturated rings. The van der Waals surface area contributed by atoms with Crippen molar-refractivity contribution in [3.05, 3.63) is 17.5 Å². The number of piperidine rings is 1. The number of aromatic nitrogens is 2. The molecule has 0 bridgehead atoms. The molecule has 0 aliphatic carbocycles. The van der Waals surface area contributed by atoms with Crippen molar-refractivity contribution in [2.24, 2.45) is 0 Å². The van der Waals surface area contributed by atoms with Gasteiger partial charge in [0.15, 0.2) is 0 Å². The van der Waals surface area contributed by atoms with Crippen LogP contribution in [0.15, 0.2) is 17.4 Å². The Bertz CT molecular complexity index is 382. The van der Waals surface area contributed by atoms with E-state index >= 15 is 0 Å². The molecule has 2 atom stereocenters. The van der Waals surface area contributed by atoms with Crippen LogP contribution in [0.25, 0.3) is 0 Å². The smallest absolute Gasteiger partial charge is 0.133 e. The normalized spacial score (nSPS) is 22.9. The molecule has 1 aromatic heterocycles. The van der Waals surface area contributed by atoms with E-state index < -0.39 is 10.8 Å². The summed E-state index contributed by atoms with van der Waals surface area (Å²) in [7, 11) is -1.09. The van der Waals surface area contributed by atoms with Crippen molar-refractivity contribution in [2.45, 2.75) is 30.3 Å². The van der Waals surface area contributed by atoms with E-state index in [9.17, 15) is 4.21 Å². The third kappa shape index (κ3) is 3.23. The van der Waals surface area contributed by atoms with Gasteiger partial charge >= 0.3 is 0 Å². The molecule has 4 nitrogen and oxygen atoms in total. The first kappa shape index (κ1) is 12.0. The monoisotopic (exact) mass is 259 g/mol. The first-order valence-corrected chi connectivity index (χ1v) is 7.05. The zero-order valence-corrected chi connectivity index (χ0v) is 10.4. The van der Waals surface area contributed by atoms with Gasteiger partial charge in [-0.1, -0.05) is 18.0 Å². The Morgan fingerprint density at radius 1 is 1.50 bits per heavy atom. The van der Waals surface area contributed by atoms with E-state index in [2.05, 4.69) is 15.3 Å². The second kappa shape index (κ2) is 5.70. The quantitative estimate of drug-likeness (QED) is 0.834. The molecule has 2 heterocycles. The van der Waals surface area contributed by atoms with Gasteiger partial charge in [0.1, 0.15) is 16.5 Å². The molecule has 1 N–H and O–H groups in total. The van der Waals surface area contributed by atoms with E-state index in [1.54, 1.807) is 6.07 Å². The summed E-state index contributed by atoms with van der Waals surface area (Å²) in [5, 5.41) is 4.23. The maximum Gasteiger partial charge on any atom is 0.133 e. The van der Waals surface area contributed by atoms with Gasteiger partial charge in [0.2, 0.25) is 0 Å². The van der Waals surface area contributed by atoms with Crippen LogP contribution in [0.3, 0.4) is 0 Å². The first-order chi connectivity index (χ1) is 7.75. The maximum atomic E-state index is 12.0. The van der Waals surface area contributed by atoms with Crippen LogP contribution in [0.4, 0.5) is 0 Å². The average Bonchev–Trinajstić information content (AvgIpc) is 2.30. The van der Waals surface area contributed by atoms with E-state index in [-0.39, 0.29) is 0 Å². The second-order valence-electron chi connectivity index (χ2n) is 3.84. The fraction of sp³-hybridized carbons (Fsp3) is 0.600. The van der Waals surface area contributed by atoms with Crippen LogP contribution < -0.4 is 5.32 Å². The van der Waals surface area contributed by atoms with Gasteiger partial charge in [-0.3, -0.25) is 4.21 Å². The van der Waals surface area contributed by atoms with Gasteiger partial charge in [0, 0.05) is 17.9 Å². The zero-order valence-electron chi connectivity index (χ0n) is 8.86. The lowest BCUT2D eigenvalue weighted by Gasteiger charge is -2.22. The SMILES string of the molecule is O=S(CC1CCCCN1)c1cc(Cl)ncn1. The van der Waals surface area contributed by atoms with Crippen molar-refractivity contribution >= 4 is 22.4 Å². The average molecular weight is 260 g/mol. The third-order valence-electron chi connectivity index (χ3n) is 2.61. The Balaban J connectivity index is 1.97. The highest BCUT2D eigenvalue weighted by molar-refractivity contribution is 7.85. The number of nitrogens with one attached hydrogen (secondary N) is 1. The van der Waals surface area contributed by atoms with Crippen LogP contribution in [0.1, 0.15) is 19.3 Å². The molecule has 0 radical (unpaired) electrons. The minimum atomic E-state index is -1.09. The molecule has 2 unspecified atom stereocenters. The van der Waals surface area contributed by atoms with Crippen molar-refractivity contribution in [3.8, 4) is 0 Å². The standard InChI is InChI=1S/C10H14ClN3OS/c11-9-5-10(14-7-13-9)16(15)6-8-3-1-2-4-12-8/h5,7-8,12H,1-4,6H2. The fourth-order valence-electron chi connectivity index (χ4n) is 1.78. The molecular weight excluding hydrogens is 246 g/mol. The molecule has 0 aromatic carbocycles. The van der Waals surface area contributed by atoms with E-state index in [0.29, 0.717) is 22.0 Å². The highest BCUT2D eigenvalue weighted by Crippen LogP contribution is 2.13. The molecule has 1 aliphatic rings. The van der Waals surface area contributed by atoms with E-state index in [4.69, 9.17) is 11.6 Å². The van der Waals surface area contributed by atoms with Gasteiger partial charge in [0.05, 0.1) is 10.8 Å². The molecule has 1 aliphatic heterocycles. The molecule has 0 amide bonds. The van der Waals surface area contributed by atoms with Gasteiger partial charge in [-0.2, -0.15) is 0 Å². The van der Waals surface area contributed by atoms with Crippen molar-refractivity contribution in [2.75, 3.05) is 12.3 Å². The molecule has 6 heteroatoms. The molecule has 88 valence electrons. The lowest BCUT2D eigenvalue weighted by atomic mass is 10.1. The molecule has 0 spiro atoms. The molecule has 2 rings (SSSR count). The van der Waals surface area contributed by atoms with E-state index in [1.165, 1.54) is 19.2 Å². The Morgan fingerprint density at radius 3 is 3.06 bits per heavy atom. The predicted molar refractivity (Wildman–Crippen MR) is 64.0 cm³/mol. The molecular formula is C10H14ClN3OS. The summed E-state index contributed by atoms with van der Waals surface area (Å²) in [5.41, 5.74) is 0. The van der Waals surface area contributed by atoms with Gasteiger partial charge in [-0.25, -0.2) is 9.97 Å². The lowest BCUT2D eigenvalue weighted by Crippen LogP contribution is -2.38. The Morgan fingerprint density at radius 2 is 2.38 bits per heavy atom. The van der Waals surface area contributed by atoms with Gasteiger partial charge < -0.3 is 5.32 Å². The summed E-state index contributed by atoms with van der Waals surface area (Å²) in [5.74, 6) is 0.605. The minimum Gasteiger partial charge on any atom is -0.313 e. The second-order valence-corrected chi connectivity index (χ2v) is 5.67. The van der Waals surface area contributed by atoms with Crippen molar-refractivity contribution in [3.63, 3.8) is 0 Å². The fourth-order valence-corrected chi connectivity index (χ4v) is 3.22. The van der Waals surface area contributed by atoms with Crippen LogP contribution in [0.5, 0.6) is 0 Å². The summed E-state index contributed by atoms with van der Waals surface area (Å²) >= 11 is 5.73. The highest BCUT2D eigenvalue weighted by atomic mass is 35.5. The van der Waals surface area contributed by atoms with Crippen LogP contribution in [-0.2, 0) is 10.8 Å². The Kier molecular flexibility index (Phi) is 4.26. The lowest BCUT2D eigenvalue weighted by molar-refractivity contribution is 0.427. The van der Waals surface area contributed by atoms with Gasteiger partial charge in [-0.15, -0.1) is 0 Å². The Labute approximate surface area is 102 Å². The van der Waals surface area contributed by atoms with E-state index in [1.807, 2.05) is 0 Å². The third-order valence-corrected chi connectivity index (χ3v) is 4.21. The largest absolute Gasteiger partial charge is 0.313 e. The van der Waals surface area contributed by atoms with Crippen LogP contribution in [0, 0.1) is 0 Å². The first-order valence-electron chi connectivity index (χ1n) is 5.35. The van der Waals surface area contributed by atoms with Gasteiger partial charge in [-0.05, 0) is 19.4 Å². The van der Waals surface area contributed by atoms with Crippen molar-refractivity contribution < 1.29 is 4.21 Å². The molecule has 1 saturated heterocycles. The summed E-state index contributed by atoms with van der Waals surface area (Å²) in [4.78, 5) is 7.75. The Hall–Kier alpha value is -0.520. The van der Waals surface area contributed by atoms with Crippen molar-refractivity contribution in [1.29, 1.82) is 0 Å². The predicted octanol–water partition coefficient (Wildman–Crippen LogP) is 1.38. The topological polar surface area (TPSA) is 54.9 Å². The number of rotatable bonds is 3. The zero-order chi connectivity index (χ0) is 11.4. The molecule has 16 heavy (non-hydrogen) atoms. The van der Waals surface area contributed by atoms with Crippen LogP contribution in [-0.4, -0.2) is 32.5 Å². The minimum absolute atomic E-state index is 0.336. The number of nitrogens with zero attached hydrogens (tertiary/aromatic N) is 2.